The minimum atomic E-state index is 0. The van der Waals surface area contributed by atoms with Gasteiger partial charge in [-0.2, -0.15) is 0 Å². The molecule has 3 heteroatoms. The summed E-state index contributed by atoms with van der Waals surface area (Å²) in [6, 6.07) is 8.23. The van der Waals surface area contributed by atoms with Gasteiger partial charge in [-0.15, -0.1) is 12.4 Å². The summed E-state index contributed by atoms with van der Waals surface area (Å²) in [5.74, 6) is 0. The second-order valence-electron chi connectivity index (χ2n) is 2.19. The molecule has 0 spiro atoms. The van der Waals surface area contributed by atoms with E-state index in [9.17, 15) is 0 Å². The van der Waals surface area contributed by atoms with Crippen molar-refractivity contribution in [1.29, 1.82) is 0 Å². The van der Waals surface area contributed by atoms with E-state index in [4.69, 9.17) is 5.73 Å². The lowest BCUT2D eigenvalue weighted by atomic mass is 9.95. The first kappa shape index (κ1) is 9.53. The van der Waals surface area contributed by atoms with E-state index in [1.54, 1.807) is 0 Å². The summed E-state index contributed by atoms with van der Waals surface area (Å²) in [5.41, 5.74) is 7.90. The molecule has 1 nitrogen and oxygen atoms in total. The Labute approximate surface area is 68.4 Å². The Morgan fingerprint density at radius 1 is 1.40 bits per heavy atom. The first-order valence-electron chi connectivity index (χ1n) is 3.08. The molecule has 0 saturated carbocycles. The van der Waals surface area contributed by atoms with E-state index in [2.05, 4.69) is 20.0 Å². The highest BCUT2D eigenvalue weighted by Crippen LogP contribution is 1.91. The highest BCUT2D eigenvalue weighted by Gasteiger charge is 1.86. The first-order valence-corrected chi connectivity index (χ1v) is 3.08. The van der Waals surface area contributed by atoms with E-state index >= 15 is 0 Å². The summed E-state index contributed by atoms with van der Waals surface area (Å²) in [4.78, 5) is 0. The second-order valence-corrected chi connectivity index (χ2v) is 2.19. The number of benzene rings is 1. The molecule has 0 radical (unpaired) electrons. The largest absolute Gasteiger partial charge is 0.326 e. The van der Waals surface area contributed by atoms with Gasteiger partial charge in [0.05, 0.1) is 0 Å². The molecule has 0 bridgehead atoms. The molecule has 1 rings (SSSR count). The molecule has 0 saturated heterocycles. The average Bonchev–Trinajstić information content (AvgIpc) is 1.88. The molecule has 0 aliphatic heterocycles. The molecule has 10 heavy (non-hydrogen) atoms. The van der Waals surface area contributed by atoms with E-state index < -0.39 is 0 Å². The van der Waals surface area contributed by atoms with Crippen LogP contribution in [0.25, 0.3) is 0 Å². The van der Waals surface area contributed by atoms with Crippen LogP contribution in [0.3, 0.4) is 0 Å². The van der Waals surface area contributed by atoms with E-state index in [-0.39, 0.29) is 12.4 Å². The normalized spacial score (nSPS) is 8.50. The highest BCUT2D eigenvalue weighted by molar-refractivity contribution is 6.32. The van der Waals surface area contributed by atoms with E-state index in [0.29, 0.717) is 6.54 Å². The Kier molecular flexibility index (Phi) is 4.16. The lowest BCUT2D eigenvalue weighted by Crippen LogP contribution is -2.05. The highest BCUT2D eigenvalue weighted by atomic mass is 35.5. The molecule has 1 aromatic carbocycles. The van der Waals surface area contributed by atoms with Gasteiger partial charge in [0.1, 0.15) is 7.85 Å². The van der Waals surface area contributed by atoms with Gasteiger partial charge in [-0.05, 0) is 5.56 Å². The zero-order valence-electron chi connectivity index (χ0n) is 6.00. The fraction of sp³-hybridized carbons (Fsp3) is 0.143. The van der Waals surface area contributed by atoms with Gasteiger partial charge in [-0.3, -0.25) is 0 Å². The predicted octanol–water partition coefficient (Wildman–Crippen LogP) is -0.174. The number of hydrogen-bond donors (Lipinski definition) is 1. The van der Waals surface area contributed by atoms with E-state index in [1.165, 1.54) is 11.0 Å². The fourth-order valence-electron chi connectivity index (χ4n) is 0.839. The zero-order chi connectivity index (χ0) is 6.69. The average molecular weight is 155 g/mol. The maximum atomic E-state index is 5.42. The Balaban J connectivity index is 0.000000810. The van der Waals surface area contributed by atoms with Crippen molar-refractivity contribution in [2.24, 2.45) is 5.73 Å². The minimum Gasteiger partial charge on any atom is -0.326 e. The van der Waals surface area contributed by atoms with Gasteiger partial charge < -0.3 is 5.73 Å². The molecule has 0 aliphatic rings. The summed E-state index contributed by atoms with van der Waals surface area (Å²) in [6.07, 6.45) is 0. The second kappa shape index (κ2) is 4.37. The quantitative estimate of drug-likeness (QED) is 0.560. The Bertz CT molecular complexity index is 203. The molecule has 0 aliphatic carbocycles. The molecule has 0 aromatic heterocycles. The number of rotatable bonds is 1. The van der Waals surface area contributed by atoms with Gasteiger partial charge in [-0.25, -0.2) is 0 Å². The van der Waals surface area contributed by atoms with Crippen molar-refractivity contribution >= 4 is 25.7 Å². The summed E-state index contributed by atoms with van der Waals surface area (Å²) in [7, 11) is 2.07. The van der Waals surface area contributed by atoms with Gasteiger partial charge in [-0.1, -0.05) is 29.7 Å². The number of hydrogen-bond acceptors (Lipinski definition) is 1. The smallest absolute Gasteiger partial charge is 0.139 e. The number of halogens is 1. The molecular formula is C7H11BClN. The van der Waals surface area contributed by atoms with Crippen LogP contribution in [-0.4, -0.2) is 7.85 Å². The molecule has 0 heterocycles. The van der Waals surface area contributed by atoms with Gasteiger partial charge in [0.2, 0.25) is 0 Å². The van der Waals surface area contributed by atoms with Crippen molar-refractivity contribution in [3.8, 4) is 0 Å². The summed E-state index contributed by atoms with van der Waals surface area (Å²) < 4.78 is 0. The van der Waals surface area contributed by atoms with Crippen molar-refractivity contribution < 1.29 is 0 Å². The van der Waals surface area contributed by atoms with Crippen LogP contribution in [0.2, 0.25) is 0 Å². The lowest BCUT2D eigenvalue weighted by Gasteiger charge is -1.95. The monoisotopic (exact) mass is 155 g/mol. The molecule has 2 N–H and O–H groups in total. The van der Waals surface area contributed by atoms with Crippen LogP contribution in [0.5, 0.6) is 0 Å². The molecule has 1 aromatic rings. The van der Waals surface area contributed by atoms with Crippen molar-refractivity contribution in [2.75, 3.05) is 0 Å². The molecular weight excluding hydrogens is 144 g/mol. The van der Waals surface area contributed by atoms with Crippen molar-refractivity contribution in [3.05, 3.63) is 29.8 Å². The fourth-order valence-corrected chi connectivity index (χ4v) is 0.839. The van der Waals surface area contributed by atoms with Crippen LogP contribution in [0.1, 0.15) is 5.56 Å². The molecule has 0 amide bonds. The lowest BCUT2D eigenvalue weighted by molar-refractivity contribution is 1.07. The molecule has 0 unspecified atom stereocenters. The van der Waals surface area contributed by atoms with Crippen LogP contribution in [-0.2, 0) is 6.54 Å². The van der Waals surface area contributed by atoms with E-state index in [1.807, 2.05) is 12.1 Å². The van der Waals surface area contributed by atoms with Gasteiger partial charge in [0, 0.05) is 6.54 Å². The number of nitrogens with two attached hydrogens (primary N) is 1. The van der Waals surface area contributed by atoms with Crippen LogP contribution >= 0.6 is 12.4 Å². The van der Waals surface area contributed by atoms with Crippen molar-refractivity contribution in [1.82, 2.24) is 0 Å². The molecule has 0 fully saturated rings. The van der Waals surface area contributed by atoms with Gasteiger partial charge in [0.15, 0.2) is 0 Å². The zero-order valence-corrected chi connectivity index (χ0v) is 6.82. The van der Waals surface area contributed by atoms with Crippen LogP contribution in [0, 0.1) is 0 Å². The molecule has 54 valence electrons. The Hall–Kier alpha value is -0.465. The standard InChI is InChI=1S/C7H10BN.ClH/c8-7-3-1-2-6(4-7)5-9;/h1-4H,5,8-9H2;1H. The van der Waals surface area contributed by atoms with Crippen LogP contribution in [0.15, 0.2) is 24.3 Å². The van der Waals surface area contributed by atoms with Gasteiger partial charge >= 0.3 is 0 Å². The van der Waals surface area contributed by atoms with Gasteiger partial charge in [0.25, 0.3) is 0 Å². The summed E-state index contributed by atoms with van der Waals surface area (Å²) in [6.45, 7) is 0.641. The van der Waals surface area contributed by atoms with Crippen molar-refractivity contribution in [2.45, 2.75) is 6.54 Å². The maximum absolute atomic E-state index is 5.42. The summed E-state index contributed by atoms with van der Waals surface area (Å²) >= 11 is 0. The van der Waals surface area contributed by atoms with Crippen LogP contribution < -0.4 is 11.2 Å². The maximum Gasteiger partial charge on any atom is 0.139 e. The predicted molar refractivity (Wildman–Crippen MR) is 49.8 cm³/mol. The summed E-state index contributed by atoms with van der Waals surface area (Å²) in [5, 5.41) is 0. The third-order valence-electron chi connectivity index (χ3n) is 1.32. The molecule has 0 atom stereocenters. The SMILES string of the molecule is Bc1cccc(CN)c1.Cl. The topological polar surface area (TPSA) is 26.0 Å². The Morgan fingerprint density at radius 3 is 2.50 bits per heavy atom. The third kappa shape index (κ3) is 2.42. The van der Waals surface area contributed by atoms with Crippen molar-refractivity contribution in [3.63, 3.8) is 0 Å². The minimum absolute atomic E-state index is 0. The Morgan fingerprint density at radius 2 is 2.10 bits per heavy atom. The van der Waals surface area contributed by atoms with Crippen LogP contribution in [0.4, 0.5) is 0 Å². The third-order valence-corrected chi connectivity index (χ3v) is 1.32. The first-order chi connectivity index (χ1) is 4.33. The van der Waals surface area contributed by atoms with E-state index in [0.717, 1.165) is 0 Å².